The van der Waals surface area contributed by atoms with E-state index in [-0.39, 0.29) is 6.10 Å². The van der Waals surface area contributed by atoms with Crippen molar-refractivity contribution in [3.05, 3.63) is 29.3 Å². The lowest BCUT2D eigenvalue weighted by Crippen LogP contribution is -2.36. The summed E-state index contributed by atoms with van der Waals surface area (Å²) in [6.45, 7) is 4.20. The number of aliphatic hydroxyl groups excluding tert-OH is 1. The predicted molar refractivity (Wildman–Crippen MR) is 118 cm³/mol. The molecule has 0 spiro atoms. The maximum absolute atomic E-state index is 10.8. The molecule has 156 valence electrons. The van der Waals surface area contributed by atoms with Crippen LogP contribution in [0.15, 0.2) is 18.2 Å². The van der Waals surface area contributed by atoms with Gasteiger partial charge in [0.1, 0.15) is 0 Å². The first-order valence-corrected chi connectivity index (χ1v) is 12.0. The number of anilines is 1. The summed E-state index contributed by atoms with van der Waals surface area (Å²) >= 11 is 0. The highest BCUT2D eigenvalue weighted by atomic mass is 16.3. The summed E-state index contributed by atoms with van der Waals surface area (Å²) < 4.78 is 0. The molecule has 1 saturated heterocycles. The molecule has 1 saturated carbocycles. The van der Waals surface area contributed by atoms with Gasteiger partial charge in [0, 0.05) is 18.8 Å². The average Bonchev–Trinajstić information content (AvgIpc) is 2.75. The number of piperidine rings is 1. The van der Waals surface area contributed by atoms with Crippen LogP contribution in [0.25, 0.3) is 0 Å². The third kappa shape index (κ3) is 5.51. The van der Waals surface area contributed by atoms with E-state index in [4.69, 9.17) is 0 Å². The number of nitrogens with one attached hydrogen (secondary N) is 1. The Morgan fingerprint density at radius 2 is 1.71 bits per heavy atom. The Bertz CT molecular complexity index is 603. The van der Waals surface area contributed by atoms with Crippen LogP contribution >= 0.6 is 0 Å². The van der Waals surface area contributed by atoms with E-state index in [1.165, 1.54) is 81.9 Å². The van der Waals surface area contributed by atoms with Crippen LogP contribution in [0.2, 0.25) is 0 Å². The normalized spacial score (nSPS) is 23.2. The second-order valence-corrected chi connectivity index (χ2v) is 9.64. The van der Waals surface area contributed by atoms with E-state index in [1.54, 1.807) is 0 Å². The first kappa shape index (κ1) is 20.2. The zero-order valence-corrected chi connectivity index (χ0v) is 17.7. The van der Waals surface area contributed by atoms with Crippen molar-refractivity contribution in [2.24, 2.45) is 11.8 Å². The van der Waals surface area contributed by atoms with Gasteiger partial charge in [0.25, 0.3) is 0 Å². The number of nitrogens with zero attached hydrogens (tertiary/aromatic N) is 1. The molecule has 0 bridgehead atoms. The van der Waals surface area contributed by atoms with Gasteiger partial charge in [-0.2, -0.15) is 0 Å². The Morgan fingerprint density at radius 3 is 2.50 bits per heavy atom. The monoisotopic (exact) mass is 384 g/mol. The van der Waals surface area contributed by atoms with E-state index < -0.39 is 0 Å². The van der Waals surface area contributed by atoms with Crippen LogP contribution < -0.4 is 5.32 Å². The van der Waals surface area contributed by atoms with Crippen LogP contribution in [0.4, 0.5) is 5.69 Å². The summed E-state index contributed by atoms with van der Waals surface area (Å²) in [7, 11) is 0. The van der Waals surface area contributed by atoms with E-state index in [9.17, 15) is 5.11 Å². The summed E-state index contributed by atoms with van der Waals surface area (Å²) in [5, 5.41) is 14.2. The molecule has 28 heavy (non-hydrogen) atoms. The van der Waals surface area contributed by atoms with Crippen molar-refractivity contribution in [2.75, 3.05) is 31.5 Å². The number of fused-ring (bicyclic) bond motifs is 1. The third-order valence-electron chi connectivity index (χ3n) is 7.54. The predicted octanol–water partition coefficient (Wildman–Crippen LogP) is 5.54. The van der Waals surface area contributed by atoms with Gasteiger partial charge in [0.05, 0.1) is 6.10 Å². The van der Waals surface area contributed by atoms with Crippen molar-refractivity contribution in [3.8, 4) is 0 Å². The number of rotatable bonds is 7. The molecular weight excluding hydrogens is 344 g/mol. The number of benzene rings is 1. The molecule has 4 rings (SSSR count). The van der Waals surface area contributed by atoms with Crippen molar-refractivity contribution in [1.82, 2.24) is 4.90 Å². The van der Waals surface area contributed by atoms with Gasteiger partial charge in [-0.25, -0.2) is 0 Å². The summed E-state index contributed by atoms with van der Waals surface area (Å²) in [6, 6.07) is 6.50. The molecule has 1 aromatic rings. The summed E-state index contributed by atoms with van der Waals surface area (Å²) in [5.74, 6) is 1.96. The van der Waals surface area contributed by atoms with Gasteiger partial charge in [0.15, 0.2) is 0 Å². The molecule has 1 atom stereocenters. The van der Waals surface area contributed by atoms with Crippen molar-refractivity contribution in [1.29, 1.82) is 0 Å². The summed E-state index contributed by atoms with van der Waals surface area (Å²) in [6.07, 6.45) is 16.4. The van der Waals surface area contributed by atoms with E-state index in [0.29, 0.717) is 0 Å². The van der Waals surface area contributed by atoms with Crippen molar-refractivity contribution in [3.63, 3.8) is 0 Å². The summed E-state index contributed by atoms with van der Waals surface area (Å²) in [5.41, 5.74) is 3.73. The van der Waals surface area contributed by atoms with E-state index in [0.717, 1.165) is 50.0 Å². The number of β-amino-alcohol motifs (C(OH)–C–C–N with tert-alkyl or cyclic N) is 1. The van der Waals surface area contributed by atoms with Crippen LogP contribution in [0, 0.1) is 11.8 Å². The molecule has 2 aliphatic heterocycles. The first-order valence-electron chi connectivity index (χ1n) is 12.0. The Balaban J connectivity index is 1.17. The number of likely N-dealkylation sites (tertiary alicyclic amines) is 1. The van der Waals surface area contributed by atoms with Gasteiger partial charge in [-0.1, -0.05) is 63.5 Å². The van der Waals surface area contributed by atoms with Crippen molar-refractivity contribution >= 4 is 5.69 Å². The van der Waals surface area contributed by atoms with Gasteiger partial charge in [0.2, 0.25) is 0 Å². The second kappa shape index (κ2) is 10.1. The lowest BCUT2D eigenvalue weighted by molar-refractivity contribution is 0.0872. The Labute approximate surface area is 171 Å². The fourth-order valence-corrected chi connectivity index (χ4v) is 5.68. The van der Waals surface area contributed by atoms with Gasteiger partial charge in [-0.05, 0) is 67.8 Å². The molecule has 3 aliphatic rings. The van der Waals surface area contributed by atoms with Gasteiger partial charge < -0.3 is 15.3 Å². The van der Waals surface area contributed by atoms with Gasteiger partial charge in [-0.15, -0.1) is 0 Å². The Kier molecular flexibility index (Phi) is 7.31. The summed E-state index contributed by atoms with van der Waals surface area (Å²) in [4.78, 5) is 2.49. The van der Waals surface area contributed by atoms with E-state index in [1.807, 2.05) is 0 Å². The van der Waals surface area contributed by atoms with Crippen LogP contribution in [0.5, 0.6) is 0 Å². The molecule has 0 aromatic heterocycles. The molecule has 1 aliphatic carbocycles. The maximum Gasteiger partial charge on any atom is 0.0917 e. The van der Waals surface area contributed by atoms with Crippen LogP contribution in [0.3, 0.4) is 0 Å². The molecule has 3 nitrogen and oxygen atoms in total. The molecule has 0 radical (unpaired) electrons. The van der Waals surface area contributed by atoms with Crippen LogP contribution in [-0.2, 0) is 6.42 Å². The number of hydrogen-bond acceptors (Lipinski definition) is 3. The zero-order valence-electron chi connectivity index (χ0n) is 17.7. The fourth-order valence-electron chi connectivity index (χ4n) is 5.68. The van der Waals surface area contributed by atoms with Crippen LogP contribution in [-0.4, -0.2) is 36.2 Å². The largest absolute Gasteiger partial charge is 0.387 e. The second-order valence-electron chi connectivity index (χ2n) is 9.64. The molecule has 1 unspecified atom stereocenters. The van der Waals surface area contributed by atoms with Crippen molar-refractivity contribution < 1.29 is 5.11 Å². The van der Waals surface area contributed by atoms with Crippen molar-refractivity contribution in [2.45, 2.75) is 83.2 Å². The van der Waals surface area contributed by atoms with Gasteiger partial charge >= 0.3 is 0 Å². The molecular formula is C25H40N2O. The van der Waals surface area contributed by atoms with E-state index >= 15 is 0 Å². The maximum atomic E-state index is 10.8. The zero-order chi connectivity index (χ0) is 19.2. The standard InChI is InChI=1S/C25H40N2O/c28-25(23-11-12-24-22(18-23)10-5-15-26-24)19-27-16-13-21(14-17-27)9-4-8-20-6-2-1-3-7-20/h11-12,18,20-21,25-26,28H,1-10,13-17,19H2. The lowest BCUT2D eigenvalue weighted by Gasteiger charge is -2.33. The number of aliphatic hydroxyl groups is 1. The molecule has 2 fully saturated rings. The van der Waals surface area contributed by atoms with Gasteiger partial charge in [-0.3, -0.25) is 0 Å². The average molecular weight is 385 g/mol. The number of aryl methyl sites for hydroxylation is 1. The highest BCUT2D eigenvalue weighted by Gasteiger charge is 2.22. The molecule has 0 amide bonds. The topological polar surface area (TPSA) is 35.5 Å². The fraction of sp³-hybridized carbons (Fsp3) is 0.760. The lowest BCUT2D eigenvalue weighted by atomic mass is 9.83. The Hall–Kier alpha value is -1.06. The minimum Gasteiger partial charge on any atom is -0.387 e. The highest BCUT2D eigenvalue weighted by molar-refractivity contribution is 5.54. The minimum absolute atomic E-state index is 0.352. The molecule has 2 heterocycles. The van der Waals surface area contributed by atoms with E-state index in [2.05, 4.69) is 28.4 Å². The number of hydrogen-bond donors (Lipinski definition) is 2. The minimum atomic E-state index is -0.352. The highest BCUT2D eigenvalue weighted by Crippen LogP contribution is 2.31. The smallest absolute Gasteiger partial charge is 0.0917 e. The SMILES string of the molecule is OC(CN1CCC(CCCC2CCCCC2)CC1)c1ccc2c(c1)CCCN2. The van der Waals surface area contributed by atoms with Crippen LogP contribution in [0.1, 0.15) is 87.9 Å². The Morgan fingerprint density at radius 1 is 0.964 bits per heavy atom. The first-order chi connectivity index (χ1) is 13.8. The third-order valence-corrected chi connectivity index (χ3v) is 7.54. The molecule has 3 heteroatoms. The molecule has 1 aromatic carbocycles. The molecule has 2 N–H and O–H groups in total. The quantitative estimate of drug-likeness (QED) is 0.648.